The molecule has 0 aliphatic heterocycles. The molecule has 0 bridgehead atoms. The Balaban J connectivity index is 1.32. The molecule has 0 aromatic heterocycles. The van der Waals surface area contributed by atoms with E-state index >= 15 is 0 Å². The summed E-state index contributed by atoms with van der Waals surface area (Å²) in [4.78, 5) is 2.51. The first-order chi connectivity index (χ1) is 22.8. The Kier molecular flexibility index (Phi) is 5.96. The van der Waals surface area contributed by atoms with Crippen molar-refractivity contribution < 1.29 is 0 Å². The maximum absolute atomic E-state index is 2.51. The van der Waals surface area contributed by atoms with Gasteiger partial charge in [0, 0.05) is 27.6 Å². The van der Waals surface area contributed by atoms with Crippen molar-refractivity contribution in [3.05, 3.63) is 174 Å². The maximum Gasteiger partial charge on any atom is 0.0546 e. The average Bonchev–Trinajstić information content (AvgIpc) is 3.48. The number of fused-ring (bicyclic) bond motifs is 7. The zero-order chi connectivity index (χ0) is 31.9. The van der Waals surface area contributed by atoms with Gasteiger partial charge in [0.25, 0.3) is 0 Å². The summed E-state index contributed by atoms with van der Waals surface area (Å²) in [7, 11) is 0. The molecule has 0 radical (unpaired) electrons. The Labute approximate surface area is 277 Å². The number of hydrogen-bond donors (Lipinski definition) is 0. The van der Waals surface area contributed by atoms with Crippen LogP contribution in [0.1, 0.15) is 49.9 Å². The van der Waals surface area contributed by atoms with E-state index in [1.807, 2.05) is 0 Å². The van der Waals surface area contributed by atoms with Gasteiger partial charge in [-0.1, -0.05) is 143 Å². The van der Waals surface area contributed by atoms with Gasteiger partial charge in [0.15, 0.2) is 0 Å². The Bertz CT molecular complexity index is 2250. The number of anilines is 3. The SMILES string of the molecule is CC1(C)c2ccccc2-c2ccc(N(c3ccc4c(c3)C(C)(C)c3ccccc3-4)c3cc(-c4ccccc4)cc4ccccc34)cc21. The average molecular weight is 604 g/mol. The molecule has 0 amide bonds. The van der Waals surface area contributed by atoms with Gasteiger partial charge in [-0.05, 0) is 97.4 Å². The fourth-order valence-corrected chi connectivity index (χ4v) is 8.36. The van der Waals surface area contributed by atoms with Crippen LogP contribution in [0.5, 0.6) is 0 Å². The summed E-state index contributed by atoms with van der Waals surface area (Å²) in [5, 5.41) is 2.47. The molecule has 9 rings (SSSR count). The predicted octanol–water partition coefficient (Wildman–Crippen LogP) is 12.6. The molecule has 0 heterocycles. The highest BCUT2D eigenvalue weighted by Crippen LogP contribution is 2.53. The van der Waals surface area contributed by atoms with Gasteiger partial charge in [0.05, 0.1) is 5.69 Å². The second kappa shape index (κ2) is 10.0. The third-order valence-electron chi connectivity index (χ3n) is 10.8. The van der Waals surface area contributed by atoms with Gasteiger partial charge < -0.3 is 4.90 Å². The van der Waals surface area contributed by atoms with Gasteiger partial charge >= 0.3 is 0 Å². The van der Waals surface area contributed by atoms with Crippen LogP contribution in [0.15, 0.2) is 152 Å². The fourth-order valence-electron chi connectivity index (χ4n) is 8.36. The smallest absolute Gasteiger partial charge is 0.0546 e. The van der Waals surface area contributed by atoms with Gasteiger partial charge in [-0.3, -0.25) is 0 Å². The van der Waals surface area contributed by atoms with Crippen molar-refractivity contribution in [2.45, 2.75) is 38.5 Å². The van der Waals surface area contributed by atoms with E-state index in [0.717, 1.165) is 0 Å². The monoisotopic (exact) mass is 603 g/mol. The summed E-state index contributed by atoms with van der Waals surface area (Å²) in [5.74, 6) is 0. The molecule has 7 aromatic carbocycles. The van der Waals surface area contributed by atoms with E-state index in [0.29, 0.717) is 0 Å². The van der Waals surface area contributed by atoms with Crippen LogP contribution in [0.4, 0.5) is 17.1 Å². The van der Waals surface area contributed by atoms with Crippen LogP contribution in [0.25, 0.3) is 44.2 Å². The minimum atomic E-state index is -0.0941. The molecule has 47 heavy (non-hydrogen) atoms. The van der Waals surface area contributed by atoms with E-state index in [4.69, 9.17) is 0 Å². The summed E-state index contributed by atoms with van der Waals surface area (Å²) in [5.41, 5.74) is 16.7. The van der Waals surface area contributed by atoms with Crippen LogP contribution in [0, 0.1) is 0 Å². The minimum absolute atomic E-state index is 0.0941. The van der Waals surface area contributed by atoms with Crippen LogP contribution < -0.4 is 4.90 Å². The topological polar surface area (TPSA) is 3.24 Å². The lowest BCUT2D eigenvalue weighted by molar-refractivity contribution is 0.660. The Morgan fingerprint density at radius 1 is 0.383 bits per heavy atom. The zero-order valence-corrected chi connectivity index (χ0v) is 27.4. The Hall–Kier alpha value is -5.40. The molecule has 1 nitrogen and oxygen atoms in total. The van der Waals surface area contributed by atoms with Crippen molar-refractivity contribution in [3.63, 3.8) is 0 Å². The highest BCUT2D eigenvalue weighted by Gasteiger charge is 2.37. The van der Waals surface area contributed by atoms with E-state index in [9.17, 15) is 0 Å². The summed E-state index contributed by atoms with van der Waals surface area (Å²) in [6.07, 6.45) is 0. The summed E-state index contributed by atoms with van der Waals surface area (Å²) < 4.78 is 0. The van der Waals surface area contributed by atoms with Crippen molar-refractivity contribution in [2.75, 3.05) is 4.90 Å². The number of rotatable bonds is 4. The van der Waals surface area contributed by atoms with Gasteiger partial charge in [0.2, 0.25) is 0 Å². The molecule has 0 fully saturated rings. The largest absolute Gasteiger partial charge is 0.310 e. The van der Waals surface area contributed by atoms with Crippen molar-refractivity contribution >= 4 is 27.8 Å². The molecule has 7 aromatic rings. The predicted molar refractivity (Wildman–Crippen MR) is 199 cm³/mol. The maximum atomic E-state index is 2.51. The molecular weight excluding hydrogens is 567 g/mol. The van der Waals surface area contributed by atoms with Gasteiger partial charge in [-0.15, -0.1) is 0 Å². The van der Waals surface area contributed by atoms with E-state index in [-0.39, 0.29) is 10.8 Å². The molecule has 0 unspecified atom stereocenters. The first kappa shape index (κ1) is 27.9. The summed E-state index contributed by atoms with van der Waals surface area (Å²) in [6.45, 7) is 9.47. The highest BCUT2D eigenvalue weighted by molar-refractivity contribution is 6.02. The molecule has 0 N–H and O–H groups in total. The molecule has 2 aliphatic carbocycles. The molecule has 0 saturated carbocycles. The molecular formula is C46H37N. The van der Waals surface area contributed by atoms with Gasteiger partial charge in [0.1, 0.15) is 0 Å². The van der Waals surface area contributed by atoms with E-state index in [1.165, 1.54) is 83.5 Å². The number of hydrogen-bond acceptors (Lipinski definition) is 1. The van der Waals surface area contributed by atoms with E-state index in [2.05, 4.69) is 184 Å². The highest BCUT2D eigenvalue weighted by atomic mass is 15.1. The molecule has 1 heteroatoms. The molecule has 2 aliphatic rings. The van der Waals surface area contributed by atoms with Crippen LogP contribution in [-0.4, -0.2) is 0 Å². The van der Waals surface area contributed by atoms with E-state index in [1.54, 1.807) is 0 Å². The van der Waals surface area contributed by atoms with Crippen LogP contribution in [-0.2, 0) is 10.8 Å². The minimum Gasteiger partial charge on any atom is -0.310 e. The van der Waals surface area contributed by atoms with Crippen molar-refractivity contribution in [1.82, 2.24) is 0 Å². The lowest BCUT2D eigenvalue weighted by atomic mass is 9.82. The number of nitrogens with zero attached hydrogens (tertiary/aromatic N) is 1. The lowest BCUT2D eigenvalue weighted by Gasteiger charge is -2.31. The van der Waals surface area contributed by atoms with Crippen LogP contribution in [0.3, 0.4) is 0 Å². The fraction of sp³-hybridized carbons (Fsp3) is 0.130. The quantitative estimate of drug-likeness (QED) is 0.193. The first-order valence-corrected chi connectivity index (χ1v) is 16.7. The van der Waals surface area contributed by atoms with Crippen LogP contribution in [0.2, 0.25) is 0 Å². The second-order valence-corrected chi connectivity index (χ2v) is 14.2. The van der Waals surface area contributed by atoms with Crippen molar-refractivity contribution in [2.24, 2.45) is 0 Å². The standard InChI is InChI=1S/C46H37N/c1-45(2)40-20-12-10-18-36(40)38-24-22-33(28-42(38)45)47(34-23-25-39-37-19-11-13-21-41(37)46(3,4)43(39)29-34)44-27-32(30-14-6-5-7-15-30)26-31-16-8-9-17-35(31)44/h5-29H,1-4H3. The molecule has 0 atom stereocenters. The molecule has 0 spiro atoms. The molecule has 0 saturated heterocycles. The number of benzene rings is 7. The van der Waals surface area contributed by atoms with Crippen LogP contribution >= 0.6 is 0 Å². The summed E-state index contributed by atoms with van der Waals surface area (Å²) >= 11 is 0. The summed E-state index contributed by atoms with van der Waals surface area (Å²) in [6, 6.07) is 56.4. The third kappa shape index (κ3) is 4.09. The van der Waals surface area contributed by atoms with Gasteiger partial charge in [-0.25, -0.2) is 0 Å². The Morgan fingerprint density at radius 3 is 1.47 bits per heavy atom. The first-order valence-electron chi connectivity index (χ1n) is 16.7. The Morgan fingerprint density at radius 2 is 0.872 bits per heavy atom. The lowest BCUT2D eigenvalue weighted by Crippen LogP contribution is -2.18. The third-order valence-corrected chi connectivity index (χ3v) is 10.8. The van der Waals surface area contributed by atoms with Crippen molar-refractivity contribution in [1.29, 1.82) is 0 Å². The zero-order valence-electron chi connectivity index (χ0n) is 27.4. The normalized spacial score (nSPS) is 14.7. The van der Waals surface area contributed by atoms with E-state index < -0.39 is 0 Å². The van der Waals surface area contributed by atoms with Crippen molar-refractivity contribution in [3.8, 4) is 33.4 Å². The van der Waals surface area contributed by atoms with Gasteiger partial charge in [-0.2, -0.15) is 0 Å². The molecule has 226 valence electrons. The second-order valence-electron chi connectivity index (χ2n) is 14.2.